The first-order chi connectivity index (χ1) is 20.4. The number of fused-ring (bicyclic) bond motifs is 6. The molecule has 0 unspecified atom stereocenters. The maximum atomic E-state index is 13.2. The molecule has 4 saturated carbocycles. The van der Waals surface area contributed by atoms with Gasteiger partial charge in [0, 0.05) is 43.6 Å². The number of aliphatic hydroxyl groups is 2. The Balaban J connectivity index is 1.15. The highest BCUT2D eigenvalue weighted by Crippen LogP contribution is 2.70. The quantitative estimate of drug-likeness (QED) is 0.271. The number of esters is 2. The molecule has 3 heterocycles. The molecule has 0 amide bonds. The fourth-order valence-corrected chi connectivity index (χ4v) is 10.7. The van der Waals surface area contributed by atoms with Gasteiger partial charge in [0.05, 0.1) is 34.9 Å². The monoisotopic (exact) mass is 604 g/mol. The predicted molar refractivity (Wildman–Crippen MR) is 147 cm³/mol. The Bertz CT molecular complexity index is 1200. The van der Waals surface area contributed by atoms with E-state index in [0.29, 0.717) is 44.9 Å². The van der Waals surface area contributed by atoms with E-state index in [9.17, 15) is 24.6 Å². The summed E-state index contributed by atoms with van der Waals surface area (Å²) in [6, 6.07) is 0. The normalized spacial score (nSPS) is 52.3. The lowest BCUT2D eigenvalue weighted by Gasteiger charge is -2.65. The highest BCUT2D eigenvalue weighted by atomic mass is 16.8. The summed E-state index contributed by atoms with van der Waals surface area (Å²) in [5.41, 5.74) is -3.57. The van der Waals surface area contributed by atoms with Crippen LogP contribution in [0.4, 0.5) is 0 Å². The van der Waals surface area contributed by atoms with Crippen LogP contribution in [0.5, 0.6) is 0 Å². The zero-order valence-electron chi connectivity index (χ0n) is 25.2. The van der Waals surface area contributed by atoms with E-state index < -0.39 is 46.4 Å². The maximum absolute atomic E-state index is 13.2. The summed E-state index contributed by atoms with van der Waals surface area (Å²) in [5, 5.41) is 25.0. The summed E-state index contributed by atoms with van der Waals surface area (Å²) >= 11 is 0. The number of hydrogen-bond acceptors (Lipinski definition) is 11. The van der Waals surface area contributed by atoms with Crippen molar-refractivity contribution in [1.29, 1.82) is 0 Å². The lowest BCUT2D eigenvalue weighted by molar-refractivity contribution is -0.287. The molecule has 238 valence electrons. The van der Waals surface area contributed by atoms with Gasteiger partial charge in [-0.25, -0.2) is 4.79 Å². The van der Waals surface area contributed by atoms with Crippen molar-refractivity contribution < 1.29 is 53.0 Å². The van der Waals surface area contributed by atoms with Gasteiger partial charge in [-0.3, -0.25) is 4.79 Å². The molecule has 11 heteroatoms. The zero-order valence-corrected chi connectivity index (χ0v) is 25.2. The van der Waals surface area contributed by atoms with Crippen LogP contribution in [0.3, 0.4) is 0 Å². The molecule has 6 fully saturated rings. The molecule has 43 heavy (non-hydrogen) atoms. The first-order valence-electron chi connectivity index (χ1n) is 15.9. The molecule has 11 nitrogen and oxygen atoms in total. The van der Waals surface area contributed by atoms with E-state index in [2.05, 4.69) is 0 Å². The minimum absolute atomic E-state index is 0.0443. The second-order valence-corrected chi connectivity index (χ2v) is 14.5. The van der Waals surface area contributed by atoms with Crippen LogP contribution in [0.1, 0.15) is 78.6 Å². The van der Waals surface area contributed by atoms with Gasteiger partial charge in [-0.15, -0.1) is 0 Å². The lowest BCUT2D eigenvalue weighted by Crippen LogP contribution is -2.69. The second-order valence-electron chi connectivity index (χ2n) is 14.5. The molecule has 7 rings (SSSR count). The Morgan fingerprint density at radius 3 is 2.60 bits per heavy atom. The molecule has 0 aromatic heterocycles. The Labute approximate surface area is 251 Å². The third-order valence-electron chi connectivity index (χ3n) is 12.5. The Morgan fingerprint density at radius 1 is 1.09 bits per heavy atom. The van der Waals surface area contributed by atoms with Crippen LogP contribution in [0.15, 0.2) is 11.6 Å². The zero-order chi connectivity index (χ0) is 30.4. The third kappa shape index (κ3) is 4.32. The third-order valence-corrected chi connectivity index (χ3v) is 12.5. The fourth-order valence-electron chi connectivity index (χ4n) is 10.7. The molecule has 0 bridgehead atoms. The van der Waals surface area contributed by atoms with Gasteiger partial charge in [-0.05, 0) is 62.9 Å². The van der Waals surface area contributed by atoms with Crippen molar-refractivity contribution in [3.05, 3.63) is 11.6 Å². The van der Waals surface area contributed by atoms with E-state index in [4.69, 9.17) is 28.4 Å². The number of carbonyl (C=O) groups excluding carboxylic acids is 3. The van der Waals surface area contributed by atoms with Crippen LogP contribution >= 0.6 is 0 Å². The highest BCUT2D eigenvalue weighted by molar-refractivity contribution is 5.85. The summed E-state index contributed by atoms with van der Waals surface area (Å²) in [7, 11) is 0. The molecule has 2 N–H and O–H groups in total. The molecule has 0 spiro atoms. The molecule has 4 aliphatic carbocycles. The van der Waals surface area contributed by atoms with Crippen molar-refractivity contribution in [2.75, 3.05) is 13.4 Å². The van der Waals surface area contributed by atoms with E-state index in [1.165, 1.54) is 13.0 Å². The minimum Gasteiger partial charge on any atom is -0.462 e. The molecular formula is C32H44O11. The number of rotatable bonds is 5. The predicted octanol–water partition coefficient (Wildman–Crippen LogP) is 2.34. The molecule has 0 aromatic carbocycles. The fraction of sp³-hybridized carbons (Fsp3) is 0.844. The average molecular weight is 605 g/mol. The number of cyclic esters (lactones) is 1. The number of aldehydes is 1. The lowest BCUT2D eigenvalue weighted by atomic mass is 9.41. The van der Waals surface area contributed by atoms with Gasteiger partial charge in [-0.1, -0.05) is 6.92 Å². The van der Waals surface area contributed by atoms with Crippen LogP contribution in [0, 0.1) is 28.6 Å². The summed E-state index contributed by atoms with van der Waals surface area (Å²) in [6.45, 7) is 5.68. The van der Waals surface area contributed by atoms with Gasteiger partial charge in [0.1, 0.15) is 31.9 Å². The van der Waals surface area contributed by atoms with Gasteiger partial charge in [0.2, 0.25) is 0 Å². The number of carbonyl (C=O) groups is 3. The van der Waals surface area contributed by atoms with E-state index in [-0.39, 0.29) is 62.0 Å². The van der Waals surface area contributed by atoms with E-state index >= 15 is 0 Å². The first kappa shape index (κ1) is 29.8. The summed E-state index contributed by atoms with van der Waals surface area (Å²) in [4.78, 5) is 37.4. The Kier molecular flexibility index (Phi) is 7.15. The molecule has 0 radical (unpaired) electrons. The van der Waals surface area contributed by atoms with Gasteiger partial charge < -0.3 is 43.4 Å². The van der Waals surface area contributed by atoms with Crippen molar-refractivity contribution in [3.63, 3.8) is 0 Å². The summed E-state index contributed by atoms with van der Waals surface area (Å²) in [6.07, 6.45) is 4.72. The maximum Gasteiger partial charge on any atom is 0.331 e. The van der Waals surface area contributed by atoms with E-state index in [0.717, 1.165) is 18.3 Å². The van der Waals surface area contributed by atoms with Crippen LogP contribution in [0.25, 0.3) is 0 Å². The molecule has 3 aliphatic heterocycles. The minimum atomic E-state index is -1.29. The molecule has 7 aliphatic rings. The van der Waals surface area contributed by atoms with E-state index in [1.54, 1.807) is 0 Å². The Morgan fingerprint density at radius 2 is 1.88 bits per heavy atom. The number of hydrogen-bond donors (Lipinski definition) is 2. The van der Waals surface area contributed by atoms with Gasteiger partial charge >= 0.3 is 11.9 Å². The van der Waals surface area contributed by atoms with Crippen LogP contribution < -0.4 is 0 Å². The molecule has 2 saturated heterocycles. The van der Waals surface area contributed by atoms with Crippen LogP contribution in [-0.4, -0.2) is 89.8 Å². The number of ether oxygens (including phenoxy) is 6. The standard InChI is InChI=1S/C32H44O11/c1-17-10-23-27(40-16-39-23)28(41-17)43-20-4-8-30(15-33)21-5-7-29(3)26(19-11-25(35)38-14-19)24(42-18(2)34)13-32(29,37)22(21)6-9-31(30,36)12-20/h11,15,17,20-24,26-28,36-37H,4-10,12-14,16H2,1-3H3/t17-,20+,21+,22-,23-,24+,26+,27-,28-,29-,30+,31+,32+/m1/s1. The van der Waals surface area contributed by atoms with E-state index in [1.807, 2.05) is 13.8 Å². The van der Waals surface area contributed by atoms with Crippen LogP contribution in [-0.2, 0) is 42.8 Å². The molecular weight excluding hydrogens is 560 g/mol. The van der Waals surface area contributed by atoms with Gasteiger partial charge in [-0.2, -0.15) is 0 Å². The SMILES string of the molecule is CC(=O)O[C@H]1C[C@]2(O)[C@@H]3CC[C@]4(O)C[C@@H](O[C@H]5O[C@H](C)C[C@H]6OCO[C@@H]56)CC[C@]4(C=O)[C@H]3CC[C@]2(C)[C@H]1C1=CC(=O)OC1. The highest BCUT2D eigenvalue weighted by Gasteiger charge is 2.74. The van der Waals surface area contributed by atoms with Crippen LogP contribution in [0.2, 0.25) is 0 Å². The van der Waals surface area contributed by atoms with Crippen molar-refractivity contribution >= 4 is 18.2 Å². The Hall–Kier alpha value is -1.89. The smallest absolute Gasteiger partial charge is 0.331 e. The molecule has 0 aromatic rings. The largest absolute Gasteiger partial charge is 0.462 e. The van der Waals surface area contributed by atoms with Crippen molar-refractivity contribution in [2.45, 2.75) is 127 Å². The summed E-state index contributed by atoms with van der Waals surface area (Å²) < 4.78 is 35.1. The van der Waals surface area contributed by atoms with Crippen molar-refractivity contribution in [2.24, 2.45) is 28.6 Å². The van der Waals surface area contributed by atoms with Crippen molar-refractivity contribution in [3.8, 4) is 0 Å². The topological polar surface area (TPSA) is 147 Å². The first-order valence-corrected chi connectivity index (χ1v) is 15.9. The second kappa shape index (κ2) is 10.3. The molecule has 13 atom stereocenters. The van der Waals surface area contributed by atoms with Gasteiger partial charge in [0.25, 0.3) is 0 Å². The van der Waals surface area contributed by atoms with Crippen molar-refractivity contribution in [1.82, 2.24) is 0 Å². The summed E-state index contributed by atoms with van der Waals surface area (Å²) in [5.74, 6) is -1.79. The average Bonchev–Trinajstić information content (AvgIpc) is 3.63. The van der Waals surface area contributed by atoms with Gasteiger partial charge in [0.15, 0.2) is 6.29 Å².